The maximum atomic E-state index is 14.7. The summed E-state index contributed by atoms with van der Waals surface area (Å²) in [5.41, 5.74) is 6.25. The number of halogens is 3. The fourth-order valence-corrected chi connectivity index (χ4v) is 3.67. The van der Waals surface area contributed by atoms with Crippen LogP contribution in [0.4, 0.5) is 26.0 Å². The number of rotatable bonds is 5. The zero-order chi connectivity index (χ0) is 24.6. The van der Waals surface area contributed by atoms with Crippen molar-refractivity contribution in [3.8, 4) is 11.5 Å². The summed E-state index contributed by atoms with van der Waals surface area (Å²) < 4.78 is 34.7. The number of nitrogens with one attached hydrogen (secondary N) is 1. The van der Waals surface area contributed by atoms with Gasteiger partial charge in [-0.05, 0) is 19.1 Å². The summed E-state index contributed by atoms with van der Waals surface area (Å²) in [5, 5.41) is 16.2. The first-order chi connectivity index (χ1) is 16.2. The van der Waals surface area contributed by atoms with Crippen LogP contribution in [-0.2, 0) is 4.79 Å². The van der Waals surface area contributed by atoms with Crippen LogP contribution in [0, 0.1) is 11.6 Å². The van der Waals surface area contributed by atoms with Crippen molar-refractivity contribution in [2.75, 3.05) is 23.1 Å². The van der Waals surface area contributed by atoms with Gasteiger partial charge in [-0.1, -0.05) is 29.8 Å². The molecule has 176 valence electrons. The van der Waals surface area contributed by atoms with Gasteiger partial charge in [-0.25, -0.2) is 13.8 Å². The first kappa shape index (κ1) is 23.3. The van der Waals surface area contributed by atoms with Gasteiger partial charge >= 0.3 is 0 Å². The van der Waals surface area contributed by atoms with Crippen LogP contribution in [0.3, 0.4) is 0 Å². The van der Waals surface area contributed by atoms with Crippen molar-refractivity contribution in [2.24, 2.45) is 0 Å². The Morgan fingerprint density at radius 1 is 1.18 bits per heavy atom. The number of hydrazine groups is 1. The van der Waals surface area contributed by atoms with Gasteiger partial charge in [-0.3, -0.25) is 14.8 Å². The average Bonchev–Trinajstić information content (AvgIpc) is 3.03. The Morgan fingerprint density at radius 3 is 2.59 bits per heavy atom. The predicted molar refractivity (Wildman–Crippen MR) is 124 cm³/mol. The average molecular weight is 488 g/mol. The number of pyridine rings is 1. The molecule has 0 fully saturated rings. The van der Waals surface area contributed by atoms with Crippen LogP contribution in [-0.4, -0.2) is 34.3 Å². The molecule has 0 spiro atoms. The molecule has 4 N–H and O–H groups in total. The van der Waals surface area contributed by atoms with Crippen LogP contribution in [0.15, 0.2) is 66.0 Å². The summed E-state index contributed by atoms with van der Waals surface area (Å²) in [7, 11) is 1.68. The summed E-state index contributed by atoms with van der Waals surface area (Å²) in [6.07, 6.45) is -0.0276. The lowest BCUT2D eigenvalue weighted by atomic mass is 10.1. The van der Waals surface area contributed by atoms with Crippen molar-refractivity contribution in [3.05, 3.63) is 82.7 Å². The highest BCUT2D eigenvalue weighted by Gasteiger charge is 2.38. The number of allylic oxidation sites excluding steroid dienone is 1. The second kappa shape index (κ2) is 9.16. The molecule has 1 aliphatic rings. The molecule has 3 aromatic rings. The molecule has 1 unspecified atom stereocenters. The molecular weight excluding hydrogens is 468 g/mol. The number of aromatic nitrogens is 1. The van der Waals surface area contributed by atoms with E-state index < -0.39 is 35.2 Å². The van der Waals surface area contributed by atoms with E-state index in [-0.39, 0.29) is 22.2 Å². The number of ether oxygens (including phenoxy) is 1. The summed E-state index contributed by atoms with van der Waals surface area (Å²) in [4.78, 5) is 16.7. The normalized spacial score (nSPS) is 15.6. The van der Waals surface area contributed by atoms with Crippen LogP contribution >= 0.6 is 11.6 Å². The molecule has 11 heteroatoms. The van der Waals surface area contributed by atoms with Gasteiger partial charge in [0.25, 0.3) is 5.91 Å². The predicted octanol–water partition coefficient (Wildman–Crippen LogP) is 4.29. The van der Waals surface area contributed by atoms with Crippen LogP contribution in [0.25, 0.3) is 0 Å². The van der Waals surface area contributed by atoms with Crippen molar-refractivity contribution in [1.29, 1.82) is 0 Å². The van der Waals surface area contributed by atoms with E-state index in [1.165, 1.54) is 17.3 Å². The lowest BCUT2D eigenvalue weighted by molar-refractivity contribution is -0.113. The van der Waals surface area contributed by atoms with E-state index in [1.807, 2.05) is 6.07 Å². The lowest BCUT2D eigenvalue weighted by Gasteiger charge is -2.31. The number of aliphatic hydroxyl groups is 1. The Balaban J connectivity index is 1.56. The minimum absolute atomic E-state index is 0.00877. The quantitative estimate of drug-likeness (QED) is 0.493. The maximum absolute atomic E-state index is 14.7. The molecule has 0 aliphatic carbocycles. The van der Waals surface area contributed by atoms with Crippen LogP contribution in [0.1, 0.15) is 6.92 Å². The molecule has 34 heavy (non-hydrogen) atoms. The summed E-state index contributed by atoms with van der Waals surface area (Å²) in [5.74, 6) is -3.20. The monoisotopic (exact) mass is 487 g/mol. The molecule has 0 saturated carbocycles. The number of nitrogens with zero attached hydrogens (tertiary/aromatic N) is 3. The molecule has 0 saturated heterocycles. The molecule has 1 amide bonds. The third-order valence-electron chi connectivity index (χ3n) is 5.32. The van der Waals surface area contributed by atoms with Gasteiger partial charge in [0.15, 0.2) is 29.4 Å². The Hall–Kier alpha value is -3.89. The van der Waals surface area contributed by atoms with Crippen LogP contribution < -0.4 is 20.8 Å². The fourth-order valence-electron chi connectivity index (χ4n) is 3.52. The number of hydrogen-bond acceptors (Lipinski definition) is 7. The largest absolute Gasteiger partial charge is 0.452 e. The molecule has 1 atom stereocenters. The minimum atomic E-state index is -1.33. The van der Waals surface area contributed by atoms with Gasteiger partial charge in [0.2, 0.25) is 0 Å². The van der Waals surface area contributed by atoms with Crippen LogP contribution in [0.2, 0.25) is 5.02 Å². The standard InChI is InChI=1S/C23H20ClF2N5O3/c1-12-19(23(33)31(30(12)2)13-6-4-3-5-7-13)22(32)29-16-10-15(26)18(11-14(16)25)34-17-8-9-28-21(27)20(17)24/h3-11,23,33H,1-2H3,(H2,27,28)(H,29,32). The number of hydrogen-bond donors (Lipinski definition) is 3. The van der Waals surface area contributed by atoms with Gasteiger partial charge in [-0.15, -0.1) is 0 Å². The summed E-state index contributed by atoms with van der Waals surface area (Å²) in [6, 6.07) is 11.8. The number of benzene rings is 2. The van der Waals surface area contributed by atoms with Crippen molar-refractivity contribution in [3.63, 3.8) is 0 Å². The summed E-state index contributed by atoms with van der Waals surface area (Å²) in [6.45, 7) is 1.64. The molecule has 0 radical (unpaired) electrons. The van der Waals surface area contributed by atoms with E-state index >= 15 is 0 Å². The smallest absolute Gasteiger partial charge is 0.258 e. The highest BCUT2D eigenvalue weighted by molar-refractivity contribution is 6.34. The van der Waals surface area contributed by atoms with Crippen molar-refractivity contribution in [1.82, 2.24) is 9.99 Å². The van der Waals surface area contributed by atoms with Gasteiger partial charge in [0.05, 0.1) is 16.9 Å². The highest BCUT2D eigenvalue weighted by atomic mass is 35.5. The molecule has 0 bridgehead atoms. The topological polar surface area (TPSA) is 104 Å². The molecule has 2 aromatic carbocycles. The van der Waals surface area contributed by atoms with Gasteiger partial charge in [-0.2, -0.15) is 0 Å². The Morgan fingerprint density at radius 2 is 1.88 bits per heavy atom. The van der Waals surface area contributed by atoms with Crippen molar-refractivity contribution in [2.45, 2.75) is 13.2 Å². The lowest BCUT2D eigenvalue weighted by Crippen LogP contribution is -2.41. The third kappa shape index (κ3) is 4.20. The number of aliphatic hydroxyl groups excluding tert-OH is 1. The molecule has 2 heterocycles. The van der Waals surface area contributed by atoms with Gasteiger partial charge in [0.1, 0.15) is 10.8 Å². The van der Waals surface area contributed by atoms with E-state index in [1.54, 1.807) is 43.2 Å². The molecule has 8 nitrogen and oxygen atoms in total. The highest BCUT2D eigenvalue weighted by Crippen LogP contribution is 2.36. The summed E-state index contributed by atoms with van der Waals surface area (Å²) >= 11 is 5.98. The van der Waals surface area contributed by atoms with Crippen LogP contribution in [0.5, 0.6) is 11.5 Å². The zero-order valence-corrected chi connectivity index (χ0v) is 18.8. The maximum Gasteiger partial charge on any atom is 0.258 e. The second-order valence-corrected chi connectivity index (χ2v) is 7.78. The molecule has 1 aliphatic heterocycles. The fraction of sp³-hybridized carbons (Fsp3) is 0.130. The van der Waals surface area contributed by atoms with E-state index in [0.29, 0.717) is 11.4 Å². The van der Waals surface area contributed by atoms with Crippen molar-refractivity contribution < 1.29 is 23.4 Å². The molecule has 1 aromatic heterocycles. The Labute approximate surface area is 198 Å². The van der Waals surface area contributed by atoms with Gasteiger partial charge < -0.3 is 20.9 Å². The SMILES string of the molecule is CC1=C(C(=O)Nc2cc(F)c(Oc3ccnc(N)c3Cl)cc2F)C(O)N(c2ccccc2)N1C. The first-order valence-electron chi connectivity index (χ1n) is 10.0. The van der Waals surface area contributed by atoms with Gasteiger partial charge in [0, 0.05) is 37.1 Å². The number of anilines is 3. The third-order valence-corrected chi connectivity index (χ3v) is 5.70. The van der Waals surface area contributed by atoms with E-state index in [0.717, 1.165) is 12.1 Å². The number of carbonyl (C=O) groups excluding carboxylic acids is 1. The zero-order valence-electron chi connectivity index (χ0n) is 18.1. The molecular formula is C23H20ClF2N5O3. The number of nitrogens with two attached hydrogens (primary N) is 1. The number of nitrogen functional groups attached to an aromatic ring is 1. The van der Waals surface area contributed by atoms with Crippen molar-refractivity contribution >= 4 is 34.7 Å². The Kier molecular flexibility index (Phi) is 6.27. The van der Waals surface area contributed by atoms with E-state index in [4.69, 9.17) is 22.1 Å². The number of carbonyl (C=O) groups is 1. The number of amides is 1. The first-order valence-corrected chi connectivity index (χ1v) is 10.4. The Bertz CT molecular complexity index is 1290. The molecule has 4 rings (SSSR count). The second-order valence-electron chi connectivity index (χ2n) is 7.40. The minimum Gasteiger partial charge on any atom is -0.452 e. The van der Waals surface area contributed by atoms with E-state index in [9.17, 15) is 18.7 Å². The van der Waals surface area contributed by atoms with E-state index in [2.05, 4.69) is 10.3 Å². The number of para-hydroxylation sites is 1.